The third-order valence-corrected chi connectivity index (χ3v) is 6.93. The van der Waals surface area contributed by atoms with Gasteiger partial charge in [0.25, 0.3) is 0 Å². The Labute approximate surface area is 204 Å². The summed E-state index contributed by atoms with van der Waals surface area (Å²) < 4.78 is 0. The van der Waals surface area contributed by atoms with E-state index in [0.717, 1.165) is 51.0 Å². The topological polar surface area (TPSA) is 66.0 Å². The molecule has 170 valence electrons. The van der Waals surface area contributed by atoms with Crippen LogP contribution >= 0.6 is 23.8 Å². The fourth-order valence-electron chi connectivity index (χ4n) is 4.56. The number of piperidine rings is 1. The van der Waals surface area contributed by atoms with Gasteiger partial charge in [-0.25, -0.2) is 9.97 Å². The summed E-state index contributed by atoms with van der Waals surface area (Å²) >= 11 is 11.7. The maximum Gasteiger partial charge on any atom is 0.227 e. The lowest BCUT2D eigenvalue weighted by molar-refractivity contribution is 0.218. The third-order valence-electron chi connectivity index (χ3n) is 6.45. The van der Waals surface area contributed by atoms with E-state index in [4.69, 9.17) is 33.8 Å². The van der Waals surface area contributed by atoms with Crippen LogP contribution in [0.1, 0.15) is 29.8 Å². The quantitative estimate of drug-likeness (QED) is 0.485. The molecule has 6 nitrogen and oxygen atoms in total. The SMILES string of the molecule is Cc1nc(CC2CCN(C)CC2)ccc1Nc1ncc2c(n1)-c1ccc(Cl)cc1NC(=S)C2. The molecule has 2 aliphatic heterocycles. The standard InChI is InChI=1S/C25H27ClN6S/c1-15-21(6-4-19(28-15)11-16-7-9-32(2)10-8-16)30-25-27-14-17-12-23(33)29-22-13-18(26)3-5-20(22)24(17)31-25/h3-6,13-14,16H,7-12H2,1-2H3,(H,29,33)(H,27,30,31). The van der Waals surface area contributed by atoms with Crippen molar-refractivity contribution in [3.8, 4) is 11.3 Å². The van der Waals surface area contributed by atoms with Gasteiger partial charge in [0.05, 0.1) is 22.1 Å². The highest BCUT2D eigenvalue weighted by atomic mass is 35.5. The van der Waals surface area contributed by atoms with Gasteiger partial charge < -0.3 is 15.5 Å². The van der Waals surface area contributed by atoms with Crippen molar-refractivity contribution in [3.63, 3.8) is 0 Å². The Balaban J connectivity index is 1.37. The van der Waals surface area contributed by atoms with Crippen LogP contribution in [0.2, 0.25) is 5.02 Å². The van der Waals surface area contributed by atoms with Gasteiger partial charge in [-0.15, -0.1) is 0 Å². The zero-order valence-electron chi connectivity index (χ0n) is 18.9. The van der Waals surface area contributed by atoms with E-state index < -0.39 is 0 Å². The zero-order valence-corrected chi connectivity index (χ0v) is 20.4. The van der Waals surface area contributed by atoms with Gasteiger partial charge in [0.2, 0.25) is 5.95 Å². The number of hydrogen-bond donors (Lipinski definition) is 2. The highest BCUT2D eigenvalue weighted by Gasteiger charge is 2.21. The molecular formula is C25H27ClN6S. The molecule has 0 amide bonds. The van der Waals surface area contributed by atoms with E-state index in [0.29, 0.717) is 23.3 Å². The van der Waals surface area contributed by atoms with Gasteiger partial charge in [-0.05, 0) is 82.6 Å². The summed E-state index contributed by atoms with van der Waals surface area (Å²) in [6.07, 6.45) is 5.95. The van der Waals surface area contributed by atoms with Crippen molar-refractivity contribution >= 4 is 46.1 Å². The molecule has 2 aliphatic rings. The number of rotatable bonds is 4. The van der Waals surface area contributed by atoms with Crippen molar-refractivity contribution in [2.24, 2.45) is 5.92 Å². The van der Waals surface area contributed by atoms with Gasteiger partial charge in [-0.1, -0.05) is 23.8 Å². The largest absolute Gasteiger partial charge is 0.349 e. The Hall–Kier alpha value is -2.61. The molecule has 3 aromatic rings. The molecule has 4 heterocycles. The Morgan fingerprint density at radius 3 is 2.79 bits per heavy atom. The van der Waals surface area contributed by atoms with Crippen molar-refractivity contribution < 1.29 is 0 Å². The van der Waals surface area contributed by atoms with Crippen LogP contribution in [0.4, 0.5) is 17.3 Å². The number of anilines is 3. The lowest BCUT2D eigenvalue weighted by Crippen LogP contribution is -2.31. The molecule has 2 aromatic heterocycles. The van der Waals surface area contributed by atoms with Crippen molar-refractivity contribution in [3.05, 3.63) is 58.5 Å². The molecule has 1 aromatic carbocycles. The van der Waals surface area contributed by atoms with Crippen molar-refractivity contribution in [2.45, 2.75) is 32.6 Å². The summed E-state index contributed by atoms with van der Waals surface area (Å²) in [6.45, 7) is 4.38. The van der Waals surface area contributed by atoms with Crippen LogP contribution in [0.5, 0.6) is 0 Å². The molecular weight excluding hydrogens is 452 g/mol. The number of aromatic nitrogens is 3. The number of hydrogen-bond acceptors (Lipinski definition) is 6. The molecule has 0 saturated carbocycles. The lowest BCUT2D eigenvalue weighted by atomic mass is 9.92. The average molecular weight is 479 g/mol. The summed E-state index contributed by atoms with van der Waals surface area (Å²) in [5, 5.41) is 7.29. The number of fused-ring (bicyclic) bond motifs is 3. The molecule has 1 saturated heterocycles. The number of pyridine rings is 1. The summed E-state index contributed by atoms with van der Waals surface area (Å²) in [6, 6.07) is 9.93. The Morgan fingerprint density at radius 2 is 2.00 bits per heavy atom. The second-order valence-electron chi connectivity index (χ2n) is 8.99. The van der Waals surface area contributed by atoms with E-state index in [2.05, 4.69) is 39.7 Å². The van der Waals surface area contributed by atoms with Crippen molar-refractivity contribution in [1.82, 2.24) is 19.9 Å². The minimum atomic E-state index is 0.537. The number of thiocarbonyl (C=S) groups is 1. The maximum atomic E-state index is 6.20. The number of nitrogens with zero attached hydrogens (tertiary/aromatic N) is 4. The van der Waals surface area contributed by atoms with E-state index in [-0.39, 0.29) is 0 Å². The van der Waals surface area contributed by atoms with Crippen LogP contribution in [-0.4, -0.2) is 45.0 Å². The van der Waals surface area contributed by atoms with E-state index in [1.165, 1.54) is 25.9 Å². The highest BCUT2D eigenvalue weighted by molar-refractivity contribution is 7.80. The van der Waals surface area contributed by atoms with E-state index in [1.807, 2.05) is 31.3 Å². The van der Waals surface area contributed by atoms with E-state index in [1.54, 1.807) is 0 Å². The Bertz CT molecular complexity index is 1210. The summed E-state index contributed by atoms with van der Waals surface area (Å²) in [7, 11) is 2.20. The number of nitrogens with one attached hydrogen (secondary N) is 2. The molecule has 0 spiro atoms. The van der Waals surface area contributed by atoms with Crippen molar-refractivity contribution in [1.29, 1.82) is 0 Å². The van der Waals surface area contributed by atoms with Crippen LogP contribution in [0.25, 0.3) is 11.3 Å². The molecule has 0 atom stereocenters. The number of halogens is 1. The van der Waals surface area contributed by atoms with Gasteiger partial charge in [-0.3, -0.25) is 4.98 Å². The van der Waals surface area contributed by atoms with Gasteiger partial charge in [0, 0.05) is 40.1 Å². The smallest absolute Gasteiger partial charge is 0.227 e. The molecule has 0 unspecified atom stereocenters. The minimum absolute atomic E-state index is 0.537. The van der Waals surface area contributed by atoms with Gasteiger partial charge in [0.1, 0.15) is 0 Å². The first-order valence-electron chi connectivity index (χ1n) is 11.3. The molecule has 1 fully saturated rings. The molecule has 5 rings (SSSR count). The molecule has 0 aliphatic carbocycles. The predicted octanol–water partition coefficient (Wildman–Crippen LogP) is 5.42. The summed E-state index contributed by atoms with van der Waals surface area (Å²) in [4.78, 5) is 17.4. The number of aryl methyl sites for hydroxylation is 1. The Kier molecular flexibility index (Phi) is 6.27. The maximum absolute atomic E-state index is 6.20. The van der Waals surface area contributed by atoms with Crippen LogP contribution in [0.15, 0.2) is 36.5 Å². The molecule has 0 radical (unpaired) electrons. The first-order chi connectivity index (χ1) is 15.9. The zero-order chi connectivity index (χ0) is 22.9. The van der Waals surface area contributed by atoms with Gasteiger partial charge in [-0.2, -0.15) is 0 Å². The fourth-order valence-corrected chi connectivity index (χ4v) is 5.00. The van der Waals surface area contributed by atoms with Gasteiger partial charge >= 0.3 is 0 Å². The molecule has 2 N–H and O–H groups in total. The monoisotopic (exact) mass is 478 g/mol. The lowest BCUT2D eigenvalue weighted by Gasteiger charge is -2.28. The van der Waals surface area contributed by atoms with Crippen LogP contribution in [0.3, 0.4) is 0 Å². The first kappa shape index (κ1) is 22.2. The van der Waals surface area contributed by atoms with E-state index in [9.17, 15) is 0 Å². The second kappa shape index (κ2) is 9.33. The molecule has 33 heavy (non-hydrogen) atoms. The fraction of sp³-hybridized carbons (Fsp3) is 0.360. The predicted molar refractivity (Wildman–Crippen MR) is 139 cm³/mol. The van der Waals surface area contributed by atoms with Crippen molar-refractivity contribution in [2.75, 3.05) is 30.8 Å². The highest BCUT2D eigenvalue weighted by Crippen LogP contribution is 2.35. The first-order valence-corrected chi connectivity index (χ1v) is 12.1. The Morgan fingerprint density at radius 1 is 1.18 bits per heavy atom. The van der Waals surface area contributed by atoms with Crippen LogP contribution < -0.4 is 10.6 Å². The third kappa shape index (κ3) is 5.00. The average Bonchev–Trinajstić information content (AvgIpc) is 2.92. The molecule has 8 heteroatoms. The number of likely N-dealkylation sites (tertiary alicyclic amines) is 1. The second-order valence-corrected chi connectivity index (χ2v) is 9.92. The summed E-state index contributed by atoms with van der Waals surface area (Å²) in [5.41, 5.74) is 6.70. The van der Waals surface area contributed by atoms with Crippen LogP contribution in [0, 0.1) is 12.8 Å². The molecule has 0 bridgehead atoms. The van der Waals surface area contributed by atoms with E-state index >= 15 is 0 Å². The minimum Gasteiger partial charge on any atom is -0.349 e. The number of benzene rings is 1. The summed E-state index contributed by atoms with van der Waals surface area (Å²) in [5.74, 6) is 1.25. The normalized spacial score (nSPS) is 16.5. The van der Waals surface area contributed by atoms with Crippen LogP contribution in [-0.2, 0) is 12.8 Å². The van der Waals surface area contributed by atoms with Gasteiger partial charge in [0.15, 0.2) is 0 Å².